The first-order chi connectivity index (χ1) is 8.11. The minimum atomic E-state index is -0.603. The zero-order valence-corrected chi connectivity index (χ0v) is 10.0. The molecule has 1 aliphatic rings. The lowest BCUT2D eigenvalue weighted by Crippen LogP contribution is -2.13. The van der Waals surface area contributed by atoms with Gasteiger partial charge in [-0.15, -0.1) is 0 Å². The molecule has 0 radical (unpaired) electrons. The number of ether oxygens (including phenoxy) is 1. The fourth-order valence-corrected chi connectivity index (χ4v) is 2.04. The lowest BCUT2D eigenvalue weighted by molar-refractivity contribution is 0.134. The van der Waals surface area contributed by atoms with Gasteiger partial charge in [0.2, 0.25) is 0 Å². The van der Waals surface area contributed by atoms with Crippen LogP contribution in [0.25, 0.3) is 0 Å². The van der Waals surface area contributed by atoms with Crippen molar-refractivity contribution in [1.82, 2.24) is 0 Å². The minimum Gasteiger partial charge on any atom is -0.485 e. The summed E-state index contributed by atoms with van der Waals surface area (Å²) in [4.78, 5) is 0. The highest BCUT2D eigenvalue weighted by Crippen LogP contribution is 2.33. The summed E-state index contributed by atoms with van der Waals surface area (Å²) in [5.74, 6) is 0.873. The number of aliphatic hydroxyl groups is 2. The second kappa shape index (κ2) is 4.90. The Kier molecular flexibility index (Phi) is 3.50. The van der Waals surface area contributed by atoms with Crippen molar-refractivity contribution in [2.45, 2.75) is 32.0 Å². The zero-order valence-electron chi connectivity index (χ0n) is 10.0. The Morgan fingerprint density at radius 1 is 1.59 bits per heavy atom. The summed E-state index contributed by atoms with van der Waals surface area (Å²) in [6, 6.07) is 5.69. The molecule has 0 amide bonds. The van der Waals surface area contributed by atoms with Gasteiger partial charge in [0, 0.05) is 19.4 Å². The SMILES string of the molecule is C=C(C)[C@@H]1Cc2cc([C@@H](O)CCO)ccc2O1. The van der Waals surface area contributed by atoms with Crippen molar-refractivity contribution < 1.29 is 14.9 Å². The van der Waals surface area contributed by atoms with Gasteiger partial charge in [-0.2, -0.15) is 0 Å². The van der Waals surface area contributed by atoms with Gasteiger partial charge >= 0.3 is 0 Å². The summed E-state index contributed by atoms with van der Waals surface area (Å²) in [5, 5.41) is 18.6. The van der Waals surface area contributed by atoms with E-state index in [0.717, 1.165) is 28.9 Å². The molecule has 0 saturated heterocycles. The van der Waals surface area contributed by atoms with Crippen LogP contribution in [0.2, 0.25) is 0 Å². The average Bonchev–Trinajstić information content (AvgIpc) is 2.71. The van der Waals surface area contributed by atoms with Crippen LogP contribution in [0.4, 0.5) is 0 Å². The lowest BCUT2D eigenvalue weighted by Gasteiger charge is -2.10. The number of fused-ring (bicyclic) bond motifs is 1. The largest absolute Gasteiger partial charge is 0.485 e. The number of rotatable bonds is 4. The van der Waals surface area contributed by atoms with Crippen LogP contribution in [0.3, 0.4) is 0 Å². The Hall–Kier alpha value is -1.32. The van der Waals surface area contributed by atoms with E-state index in [9.17, 15) is 5.11 Å². The Bertz CT molecular complexity index is 425. The first-order valence-corrected chi connectivity index (χ1v) is 5.85. The molecule has 2 atom stereocenters. The average molecular weight is 234 g/mol. The van der Waals surface area contributed by atoms with Gasteiger partial charge in [-0.3, -0.25) is 0 Å². The van der Waals surface area contributed by atoms with Gasteiger partial charge in [0.05, 0.1) is 6.10 Å². The number of aliphatic hydroxyl groups excluding tert-OH is 2. The van der Waals surface area contributed by atoms with E-state index in [0.29, 0.717) is 6.42 Å². The molecule has 0 saturated carbocycles. The van der Waals surface area contributed by atoms with Gasteiger partial charge in [0.15, 0.2) is 0 Å². The summed E-state index contributed by atoms with van der Waals surface area (Å²) < 4.78 is 5.73. The smallest absolute Gasteiger partial charge is 0.123 e. The Balaban J connectivity index is 2.17. The second-order valence-electron chi connectivity index (χ2n) is 4.55. The normalized spacial score (nSPS) is 19.6. The first kappa shape index (κ1) is 12.1. The highest BCUT2D eigenvalue weighted by Gasteiger charge is 2.24. The van der Waals surface area contributed by atoms with Gasteiger partial charge < -0.3 is 14.9 Å². The molecular weight excluding hydrogens is 216 g/mol. The molecule has 3 nitrogen and oxygen atoms in total. The number of benzene rings is 1. The van der Waals surface area contributed by atoms with Gasteiger partial charge in [-0.25, -0.2) is 0 Å². The molecule has 17 heavy (non-hydrogen) atoms. The molecule has 3 heteroatoms. The molecular formula is C14H18O3. The molecule has 0 aromatic heterocycles. The van der Waals surface area contributed by atoms with Crippen molar-refractivity contribution in [3.8, 4) is 5.75 Å². The van der Waals surface area contributed by atoms with Crippen LogP contribution in [0.5, 0.6) is 5.75 Å². The monoisotopic (exact) mass is 234 g/mol. The van der Waals surface area contributed by atoms with E-state index in [2.05, 4.69) is 6.58 Å². The quantitative estimate of drug-likeness (QED) is 0.783. The minimum absolute atomic E-state index is 0.0108. The second-order valence-corrected chi connectivity index (χ2v) is 4.55. The van der Waals surface area contributed by atoms with Crippen molar-refractivity contribution >= 4 is 0 Å². The summed E-state index contributed by atoms with van der Waals surface area (Å²) >= 11 is 0. The van der Waals surface area contributed by atoms with E-state index in [4.69, 9.17) is 9.84 Å². The molecule has 1 aliphatic heterocycles. The third-order valence-electron chi connectivity index (χ3n) is 3.10. The fourth-order valence-electron chi connectivity index (χ4n) is 2.04. The highest BCUT2D eigenvalue weighted by atomic mass is 16.5. The molecule has 0 bridgehead atoms. The van der Waals surface area contributed by atoms with Crippen molar-refractivity contribution in [1.29, 1.82) is 0 Å². The molecule has 2 rings (SSSR count). The first-order valence-electron chi connectivity index (χ1n) is 5.85. The van der Waals surface area contributed by atoms with Crippen LogP contribution in [-0.4, -0.2) is 22.9 Å². The highest BCUT2D eigenvalue weighted by molar-refractivity contribution is 5.42. The molecule has 0 fully saturated rings. The molecule has 1 aromatic rings. The Labute approximate surface area is 101 Å². The maximum absolute atomic E-state index is 9.81. The summed E-state index contributed by atoms with van der Waals surface area (Å²) in [6.07, 6.45) is 0.623. The predicted octanol–water partition coefficient (Wildman–Crippen LogP) is 1.98. The molecule has 1 aromatic carbocycles. The van der Waals surface area contributed by atoms with Gasteiger partial charge in [-0.05, 0) is 35.8 Å². The van der Waals surface area contributed by atoms with Crippen molar-refractivity contribution in [3.05, 3.63) is 41.5 Å². The van der Waals surface area contributed by atoms with Crippen LogP contribution in [-0.2, 0) is 6.42 Å². The summed E-state index contributed by atoms with van der Waals surface area (Å²) in [5.41, 5.74) is 2.95. The van der Waals surface area contributed by atoms with Crippen molar-refractivity contribution in [2.75, 3.05) is 6.61 Å². The molecule has 1 heterocycles. The third kappa shape index (κ3) is 2.51. The van der Waals surface area contributed by atoms with E-state index in [-0.39, 0.29) is 12.7 Å². The molecule has 92 valence electrons. The third-order valence-corrected chi connectivity index (χ3v) is 3.10. The topological polar surface area (TPSA) is 49.7 Å². The van der Waals surface area contributed by atoms with Crippen LogP contribution in [0.15, 0.2) is 30.4 Å². The van der Waals surface area contributed by atoms with E-state index < -0.39 is 6.10 Å². The standard InChI is InChI=1S/C14H18O3/c1-9(2)14-8-11-7-10(12(16)5-6-15)3-4-13(11)17-14/h3-4,7,12,14-16H,1,5-6,8H2,2H3/t12-,14-/m0/s1. The van der Waals surface area contributed by atoms with Crippen LogP contribution in [0.1, 0.15) is 30.6 Å². The molecule has 0 spiro atoms. The molecule has 2 N–H and O–H groups in total. The predicted molar refractivity (Wildman–Crippen MR) is 66.0 cm³/mol. The fraction of sp³-hybridized carbons (Fsp3) is 0.429. The van der Waals surface area contributed by atoms with Gasteiger partial charge in [-0.1, -0.05) is 12.6 Å². The molecule has 0 aliphatic carbocycles. The van der Waals surface area contributed by atoms with E-state index in [1.807, 2.05) is 25.1 Å². The van der Waals surface area contributed by atoms with Crippen LogP contribution in [0, 0.1) is 0 Å². The van der Waals surface area contributed by atoms with Gasteiger partial charge in [0.1, 0.15) is 11.9 Å². The van der Waals surface area contributed by atoms with Crippen LogP contribution < -0.4 is 4.74 Å². The number of hydrogen-bond donors (Lipinski definition) is 2. The maximum atomic E-state index is 9.81. The van der Waals surface area contributed by atoms with E-state index in [1.165, 1.54) is 0 Å². The molecule has 0 unspecified atom stereocenters. The Morgan fingerprint density at radius 2 is 2.35 bits per heavy atom. The summed E-state index contributed by atoms with van der Waals surface area (Å²) in [7, 11) is 0. The lowest BCUT2D eigenvalue weighted by atomic mass is 10.0. The van der Waals surface area contributed by atoms with Crippen LogP contribution >= 0.6 is 0 Å². The van der Waals surface area contributed by atoms with E-state index >= 15 is 0 Å². The number of hydrogen-bond acceptors (Lipinski definition) is 3. The summed E-state index contributed by atoms with van der Waals surface area (Å²) in [6.45, 7) is 5.85. The van der Waals surface area contributed by atoms with Gasteiger partial charge in [0.25, 0.3) is 0 Å². The van der Waals surface area contributed by atoms with Crippen molar-refractivity contribution in [2.24, 2.45) is 0 Å². The van der Waals surface area contributed by atoms with E-state index in [1.54, 1.807) is 0 Å². The Morgan fingerprint density at radius 3 is 3.00 bits per heavy atom. The zero-order chi connectivity index (χ0) is 12.4. The maximum Gasteiger partial charge on any atom is 0.123 e. The van der Waals surface area contributed by atoms with Crippen molar-refractivity contribution in [3.63, 3.8) is 0 Å².